The van der Waals surface area contributed by atoms with E-state index in [1.807, 2.05) is 37.3 Å². The van der Waals surface area contributed by atoms with Crippen LogP contribution in [0.25, 0.3) is 0 Å². The molecule has 0 saturated carbocycles. The van der Waals surface area contributed by atoms with E-state index in [2.05, 4.69) is 10.5 Å². The van der Waals surface area contributed by atoms with E-state index >= 15 is 0 Å². The van der Waals surface area contributed by atoms with Crippen molar-refractivity contribution in [3.63, 3.8) is 0 Å². The Labute approximate surface area is 100 Å². The van der Waals surface area contributed by atoms with Gasteiger partial charge >= 0.3 is 5.97 Å². The van der Waals surface area contributed by atoms with Gasteiger partial charge in [0.1, 0.15) is 17.6 Å². The second-order valence-electron chi connectivity index (χ2n) is 3.61. The minimum absolute atomic E-state index is 0.0249. The first-order valence-electron chi connectivity index (χ1n) is 5.31. The second kappa shape index (κ2) is 6.52. The zero-order chi connectivity index (χ0) is 12.7. The number of rotatable bonds is 6. The Morgan fingerprint density at radius 1 is 1.47 bits per heavy atom. The summed E-state index contributed by atoms with van der Waals surface area (Å²) in [6.07, 6.45) is -0.0947. The molecule has 0 bridgehead atoms. The van der Waals surface area contributed by atoms with Crippen LogP contribution >= 0.6 is 0 Å². The van der Waals surface area contributed by atoms with Gasteiger partial charge in [0.05, 0.1) is 6.54 Å². The Balaban J connectivity index is 2.34. The van der Waals surface area contributed by atoms with Gasteiger partial charge in [-0.25, -0.2) is 4.79 Å². The van der Waals surface area contributed by atoms with Gasteiger partial charge in [-0.1, -0.05) is 18.2 Å². The summed E-state index contributed by atoms with van der Waals surface area (Å²) >= 11 is 0. The third kappa shape index (κ3) is 5.01. The number of nitrogens with zero attached hydrogens (tertiary/aromatic N) is 1. The van der Waals surface area contributed by atoms with Gasteiger partial charge in [-0.2, -0.15) is 5.10 Å². The SMILES string of the molecule is CC(=NNCC(C)Oc1ccccc1)C(=O)O. The molecule has 0 amide bonds. The Bertz CT molecular complexity index is 390. The normalized spacial score (nSPS) is 12.9. The van der Waals surface area contributed by atoms with Crippen LogP contribution in [0.2, 0.25) is 0 Å². The van der Waals surface area contributed by atoms with E-state index in [4.69, 9.17) is 9.84 Å². The van der Waals surface area contributed by atoms with Crippen LogP contribution in [0.1, 0.15) is 13.8 Å². The maximum Gasteiger partial charge on any atom is 0.351 e. The van der Waals surface area contributed by atoms with Gasteiger partial charge < -0.3 is 15.3 Å². The van der Waals surface area contributed by atoms with Gasteiger partial charge in [0.2, 0.25) is 0 Å². The number of carboxylic acid groups (broad SMARTS) is 1. The predicted molar refractivity (Wildman–Crippen MR) is 65.3 cm³/mol. The van der Waals surface area contributed by atoms with Crippen molar-refractivity contribution in [2.75, 3.05) is 6.54 Å². The van der Waals surface area contributed by atoms with Crippen LogP contribution < -0.4 is 10.2 Å². The fraction of sp³-hybridized carbons (Fsp3) is 0.333. The molecule has 0 spiro atoms. The standard InChI is InChI=1S/C12H16N2O3/c1-9(8-13-14-10(2)12(15)16)17-11-6-4-3-5-7-11/h3-7,9,13H,8H2,1-2H3,(H,15,16). The molecule has 0 aliphatic heterocycles. The maximum absolute atomic E-state index is 10.5. The van der Waals surface area contributed by atoms with Crippen molar-refractivity contribution in [1.82, 2.24) is 5.43 Å². The van der Waals surface area contributed by atoms with E-state index in [0.717, 1.165) is 5.75 Å². The van der Waals surface area contributed by atoms with Gasteiger partial charge in [0.15, 0.2) is 0 Å². The zero-order valence-corrected chi connectivity index (χ0v) is 9.88. The first-order chi connectivity index (χ1) is 8.09. The Hall–Kier alpha value is -2.04. The van der Waals surface area contributed by atoms with Crippen LogP contribution in [-0.2, 0) is 4.79 Å². The van der Waals surface area contributed by atoms with Crippen molar-refractivity contribution in [3.8, 4) is 5.75 Å². The number of carbonyl (C=O) groups is 1. The Kier molecular flexibility index (Phi) is 5.00. The van der Waals surface area contributed by atoms with Crippen LogP contribution in [0, 0.1) is 0 Å². The summed E-state index contributed by atoms with van der Waals surface area (Å²) in [4.78, 5) is 10.5. The van der Waals surface area contributed by atoms with E-state index in [-0.39, 0.29) is 11.8 Å². The summed E-state index contributed by atoms with van der Waals surface area (Å²) in [6.45, 7) is 3.75. The molecule has 0 fully saturated rings. The fourth-order valence-corrected chi connectivity index (χ4v) is 1.11. The molecular weight excluding hydrogens is 220 g/mol. The quantitative estimate of drug-likeness (QED) is 0.580. The average molecular weight is 236 g/mol. The van der Waals surface area contributed by atoms with Crippen LogP contribution in [0.15, 0.2) is 35.4 Å². The van der Waals surface area contributed by atoms with Crippen LogP contribution in [-0.4, -0.2) is 29.4 Å². The number of para-hydroxylation sites is 1. The van der Waals surface area contributed by atoms with Gasteiger partial charge in [-0.15, -0.1) is 0 Å². The first-order valence-corrected chi connectivity index (χ1v) is 5.31. The minimum Gasteiger partial charge on any atom is -0.489 e. The molecule has 5 nitrogen and oxygen atoms in total. The summed E-state index contributed by atoms with van der Waals surface area (Å²) in [5, 5.41) is 12.3. The van der Waals surface area contributed by atoms with Crippen molar-refractivity contribution < 1.29 is 14.6 Å². The molecule has 1 atom stereocenters. The molecular formula is C12H16N2O3. The highest BCUT2D eigenvalue weighted by Crippen LogP contribution is 2.10. The van der Waals surface area contributed by atoms with Crippen LogP contribution in [0.3, 0.4) is 0 Å². The molecule has 1 aromatic rings. The highest BCUT2D eigenvalue weighted by molar-refractivity contribution is 6.34. The third-order valence-corrected chi connectivity index (χ3v) is 2.02. The largest absolute Gasteiger partial charge is 0.489 e. The summed E-state index contributed by atoms with van der Waals surface area (Å²) in [5.41, 5.74) is 2.69. The lowest BCUT2D eigenvalue weighted by atomic mass is 10.3. The predicted octanol–water partition coefficient (Wildman–Crippen LogP) is 1.50. The highest BCUT2D eigenvalue weighted by Gasteiger charge is 2.04. The minimum atomic E-state index is -1.03. The number of carboxylic acids is 1. The van der Waals surface area contributed by atoms with E-state index in [9.17, 15) is 4.79 Å². The van der Waals surface area contributed by atoms with Crippen LogP contribution in [0.5, 0.6) is 5.75 Å². The molecule has 0 aliphatic carbocycles. The Morgan fingerprint density at radius 2 is 2.12 bits per heavy atom. The van der Waals surface area contributed by atoms with Crippen molar-refractivity contribution in [3.05, 3.63) is 30.3 Å². The molecule has 0 aromatic heterocycles. The fourth-order valence-electron chi connectivity index (χ4n) is 1.11. The third-order valence-electron chi connectivity index (χ3n) is 2.02. The molecule has 0 aliphatic rings. The van der Waals surface area contributed by atoms with Crippen molar-refractivity contribution >= 4 is 11.7 Å². The van der Waals surface area contributed by atoms with Gasteiger partial charge in [0, 0.05) is 0 Å². The van der Waals surface area contributed by atoms with Crippen LogP contribution in [0.4, 0.5) is 0 Å². The molecule has 17 heavy (non-hydrogen) atoms. The molecule has 5 heteroatoms. The molecule has 1 rings (SSSR count). The van der Waals surface area contributed by atoms with Crippen molar-refractivity contribution in [2.45, 2.75) is 20.0 Å². The number of ether oxygens (including phenoxy) is 1. The van der Waals surface area contributed by atoms with Crippen molar-refractivity contribution in [2.24, 2.45) is 5.10 Å². The monoisotopic (exact) mass is 236 g/mol. The molecule has 0 saturated heterocycles. The van der Waals surface area contributed by atoms with Crippen molar-refractivity contribution in [1.29, 1.82) is 0 Å². The van der Waals surface area contributed by atoms with E-state index in [1.54, 1.807) is 0 Å². The van der Waals surface area contributed by atoms with Gasteiger partial charge in [-0.05, 0) is 26.0 Å². The zero-order valence-electron chi connectivity index (χ0n) is 9.88. The molecule has 1 aromatic carbocycles. The number of benzene rings is 1. The topological polar surface area (TPSA) is 70.9 Å². The number of hydrazone groups is 1. The molecule has 0 radical (unpaired) electrons. The second-order valence-corrected chi connectivity index (χ2v) is 3.61. The highest BCUT2D eigenvalue weighted by atomic mass is 16.5. The lowest BCUT2D eigenvalue weighted by Gasteiger charge is -2.14. The number of nitrogens with one attached hydrogen (secondary N) is 1. The number of aliphatic carboxylic acids is 1. The summed E-state index contributed by atoms with van der Waals surface area (Å²) in [7, 11) is 0. The maximum atomic E-state index is 10.5. The summed E-state index contributed by atoms with van der Waals surface area (Å²) in [6, 6.07) is 9.42. The number of hydrogen-bond acceptors (Lipinski definition) is 4. The van der Waals surface area contributed by atoms with E-state index in [0.29, 0.717) is 6.54 Å². The van der Waals surface area contributed by atoms with Gasteiger partial charge in [-0.3, -0.25) is 0 Å². The molecule has 92 valence electrons. The van der Waals surface area contributed by atoms with Gasteiger partial charge in [0.25, 0.3) is 0 Å². The molecule has 2 N–H and O–H groups in total. The van der Waals surface area contributed by atoms with E-state index in [1.165, 1.54) is 6.92 Å². The lowest BCUT2D eigenvalue weighted by molar-refractivity contribution is -0.129. The van der Waals surface area contributed by atoms with E-state index < -0.39 is 5.97 Å². The lowest BCUT2D eigenvalue weighted by Crippen LogP contribution is -2.27. The molecule has 1 unspecified atom stereocenters. The summed E-state index contributed by atoms with van der Waals surface area (Å²) in [5.74, 6) is -0.255. The number of hydrogen-bond donors (Lipinski definition) is 2. The first kappa shape index (κ1) is 13.0. The molecule has 0 heterocycles. The average Bonchev–Trinajstić information content (AvgIpc) is 2.30. The Morgan fingerprint density at radius 3 is 2.71 bits per heavy atom. The summed E-state index contributed by atoms with van der Waals surface area (Å²) < 4.78 is 5.58. The smallest absolute Gasteiger partial charge is 0.351 e.